The van der Waals surface area contributed by atoms with E-state index in [4.69, 9.17) is 17.0 Å². The summed E-state index contributed by atoms with van der Waals surface area (Å²) in [5.74, 6) is -0.484. The lowest BCUT2D eigenvalue weighted by atomic mass is 10.2. The van der Waals surface area contributed by atoms with Crippen molar-refractivity contribution in [1.82, 2.24) is 9.55 Å². The molecule has 1 aromatic carbocycles. The summed E-state index contributed by atoms with van der Waals surface area (Å²) in [5.41, 5.74) is 0.132. The van der Waals surface area contributed by atoms with Crippen molar-refractivity contribution in [1.29, 1.82) is 0 Å². The predicted octanol–water partition coefficient (Wildman–Crippen LogP) is 2.23. The number of hydrogen-bond acceptors (Lipinski definition) is 3. The zero-order valence-corrected chi connectivity index (χ0v) is 10.2. The highest BCUT2D eigenvalue weighted by Crippen LogP contribution is 2.21. The molecule has 0 aliphatic rings. The van der Waals surface area contributed by atoms with Crippen molar-refractivity contribution in [3.8, 4) is 5.75 Å². The maximum atomic E-state index is 13.5. The molecule has 0 bridgehead atoms. The van der Waals surface area contributed by atoms with Crippen LogP contribution in [0.4, 0.5) is 4.39 Å². The second kappa shape index (κ2) is 4.29. The molecule has 1 heterocycles. The number of nitrogens with one attached hydrogen (secondary N) is 1. The van der Waals surface area contributed by atoms with Crippen molar-refractivity contribution < 1.29 is 9.13 Å². The van der Waals surface area contributed by atoms with Crippen LogP contribution in [0.1, 0.15) is 6.92 Å². The molecular weight excluding hydrogens is 243 g/mol. The second-order valence-electron chi connectivity index (χ2n) is 3.51. The van der Waals surface area contributed by atoms with Crippen LogP contribution in [0, 0.1) is 10.6 Å². The molecule has 0 aliphatic heterocycles. The fourth-order valence-electron chi connectivity index (χ4n) is 1.70. The van der Waals surface area contributed by atoms with E-state index in [-0.39, 0.29) is 16.1 Å². The lowest BCUT2D eigenvalue weighted by Gasteiger charge is -2.07. The van der Waals surface area contributed by atoms with Gasteiger partial charge in [0.1, 0.15) is 0 Å². The number of hydrogen-bond donors (Lipinski definition) is 1. The summed E-state index contributed by atoms with van der Waals surface area (Å²) in [5, 5.41) is 0.360. The Labute approximate surface area is 102 Å². The van der Waals surface area contributed by atoms with E-state index in [2.05, 4.69) is 4.98 Å². The Morgan fingerprint density at radius 1 is 1.53 bits per heavy atom. The molecule has 1 N–H and O–H groups in total. The van der Waals surface area contributed by atoms with Crippen LogP contribution in [-0.4, -0.2) is 16.7 Å². The van der Waals surface area contributed by atoms with Gasteiger partial charge >= 0.3 is 0 Å². The van der Waals surface area contributed by atoms with Crippen LogP contribution in [0.25, 0.3) is 10.9 Å². The van der Waals surface area contributed by atoms with Crippen LogP contribution in [0.5, 0.6) is 5.75 Å². The minimum absolute atomic E-state index is 0.0442. The molecule has 0 fully saturated rings. The highest BCUT2D eigenvalue weighted by atomic mass is 32.1. The monoisotopic (exact) mass is 254 g/mol. The van der Waals surface area contributed by atoms with Gasteiger partial charge in [-0.05, 0) is 25.2 Å². The van der Waals surface area contributed by atoms with E-state index in [0.29, 0.717) is 17.4 Å². The summed E-state index contributed by atoms with van der Waals surface area (Å²) in [4.78, 5) is 14.9. The standard InChI is InChI=1S/C11H11FN2O2S/c1-3-14-10(15)6-4-9(16-2)7(12)5-8(6)13-11(14)17/h4-5H,3H2,1-2H3,(H,13,17). The Hall–Kier alpha value is -1.69. The zero-order valence-electron chi connectivity index (χ0n) is 9.41. The van der Waals surface area contributed by atoms with Crippen molar-refractivity contribution >= 4 is 23.1 Å². The first-order valence-corrected chi connectivity index (χ1v) is 5.49. The number of ether oxygens (including phenoxy) is 1. The average Bonchev–Trinajstić information content (AvgIpc) is 2.29. The lowest BCUT2D eigenvalue weighted by molar-refractivity contribution is 0.387. The average molecular weight is 254 g/mol. The Morgan fingerprint density at radius 2 is 2.24 bits per heavy atom. The van der Waals surface area contributed by atoms with Gasteiger partial charge in [0.15, 0.2) is 16.3 Å². The van der Waals surface area contributed by atoms with Crippen molar-refractivity contribution in [2.24, 2.45) is 0 Å². The van der Waals surface area contributed by atoms with Gasteiger partial charge in [0.05, 0.1) is 18.0 Å². The molecule has 0 aliphatic carbocycles. The first kappa shape index (κ1) is 11.8. The Kier molecular flexibility index (Phi) is 2.97. The molecule has 1 aromatic heterocycles. The Bertz CT molecular complexity index is 690. The summed E-state index contributed by atoms with van der Waals surface area (Å²) < 4.78 is 20.0. The maximum absolute atomic E-state index is 13.5. The number of aromatic amines is 1. The summed E-state index contributed by atoms with van der Waals surface area (Å²) >= 11 is 5.02. The minimum Gasteiger partial charge on any atom is -0.494 e. The number of halogens is 1. The third-order valence-corrected chi connectivity index (χ3v) is 2.89. The molecule has 17 heavy (non-hydrogen) atoms. The van der Waals surface area contributed by atoms with Crippen molar-refractivity contribution in [3.05, 3.63) is 33.1 Å². The molecule has 0 saturated heterocycles. The number of methoxy groups -OCH3 is 1. The first-order chi connectivity index (χ1) is 8.08. The SMILES string of the molecule is CCn1c(=S)[nH]c2cc(F)c(OC)cc2c1=O. The van der Waals surface area contributed by atoms with Gasteiger partial charge < -0.3 is 9.72 Å². The van der Waals surface area contributed by atoms with Gasteiger partial charge in [0, 0.05) is 12.6 Å². The lowest BCUT2D eigenvalue weighted by Crippen LogP contribution is -2.21. The predicted molar refractivity (Wildman–Crippen MR) is 65.6 cm³/mol. The third-order valence-electron chi connectivity index (χ3n) is 2.57. The molecule has 0 atom stereocenters. The maximum Gasteiger partial charge on any atom is 0.262 e. The van der Waals surface area contributed by atoms with Gasteiger partial charge in [-0.3, -0.25) is 9.36 Å². The first-order valence-electron chi connectivity index (χ1n) is 5.08. The molecule has 2 aromatic rings. The molecule has 2 rings (SSSR count). The molecule has 0 saturated carbocycles. The van der Waals surface area contributed by atoms with Crippen LogP contribution in [-0.2, 0) is 6.54 Å². The molecule has 0 radical (unpaired) electrons. The summed E-state index contributed by atoms with van der Waals surface area (Å²) in [6.07, 6.45) is 0. The second-order valence-corrected chi connectivity index (χ2v) is 3.90. The van der Waals surface area contributed by atoms with Crippen LogP contribution >= 0.6 is 12.2 Å². The van der Waals surface area contributed by atoms with E-state index in [1.807, 2.05) is 6.92 Å². The molecule has 90 valence electrons. The van der Waals surface area contributed by atoms with Crippen molar-refractivity contribution in [2.45, 2.75) is 13.5 Å². The normalized spacial score (nSPS) is 10.8. The largest absolute Gasteiger partial charge is 0.494 e. The van der Waals surface area contributed by atoms with Crippen LogP contribution in [0.3, 0.4) is 0 Å². The Morgan fingerprint density at radius 3 is 2.82 bits per heavy atom. The highest BCUT2D eigenvalue weighted by molar-refractivity contribution is 7.71. The molecule has 4 nitrogen and oxygen atoms in total. The van der Waals surface area contributed by atoms with Crippen LogP contribution in [0.15, 0.2) is 16.9 Å². The number of fused-ring (bicyclic) bond motifs is 1. The topological polar surface area (TPSA) is 47.0 Å². The minimum atomic E-state index is -0.528. The van der Waals surface area contributed by atoms with E-state index < -0.39 is 5.82 Å². The quantitative estimate of drug-likeness (QED) is 0.836. The van der Waals surface area contributed by atoms with Crippen LogP contribution in [0.2, 0.25) is 0 Å². The highest BCUT2D eigenvalue weighted by Gasteiger charge is 2.10. The van der Waals surface area contributed by atoms with Gasteiger partial charge in [0.25, 0.3) is 5.56 Å². The Balaban J connectivity index is 2.94. The summed E-state index contributed by atoms with van der Waals surface area (Å²) in [7, 11) is 1.35. The number of nitrogens with zero attached hydrogens (tertiary/aromatic N) is 1. The number of benzene rings is 1. The van der Waals surface area contributed by atoms with E-state index >= 15 is 0 Å². The van der Waals surface area contributed by atoms with E-state index in [0.717, 1.165) is 0 Å². The fraction of sp³-hybridized carbons (Fsp3) is 0.273. The van der Waals surface area contributed by atoms with E-state index in [1.54, 1.807) is 0 Å². The number of H-pyrrole nitrogens is 1. The van der Waals surface area contributed by atoms with Crippen molar-refractivity contribution in [2.75, 3.05) is 7.11 Å². The molecule has 0 spiro atoms. The molecule has 6 heteroatoms. The van der Waals surface area contributed by atoms with Gasteiger partial charge in [-0.1, -0.05) is 0 Å². The van der Waals surface area contributed by atoms with E-state index in [1.165, 1.54) is 23.8 Å². The van der Waals surface area contributed by atoms with Gasteiger partial charge in [-0.25, -0.2) is 4.39 Å². The number of rotatable bonds is 2. The smallest absolute Gasteiger partial charge is 0.262 e. The summed E-state index contributed by atoms with van der Waals surface area (Å²) in [6.45, 7) is 2.28. The van der Waals surface area contributed by atoms with Crippen molar-refractivity contribution in [3.63, 3.8) is 0 Å². The summed E-state index contributed by atoms with van der Waals surface area (Å²) in [6, 6.07) is 2.59. The molecular formula is C11H11FN2O2S. The third kappa shape index (κ3) is 1.84. The fourth-order valence-corrected chi connectivity index (χ4v) is 2.02. The van der Waals surface area contributed by atoms with Gasteiger partial charge in [-0.15, -0.1) is 0 Å². The van der Waals surface area contributed by atoms with Gasteiger partial charge in [0.2, 0.25) is 0 Å². The number of aromatic nitrogens is 2. The molecule has 0 unspecified atom stereocenters. The van der Waals surface area contributed by atoms with Gasteiger partial charge in [-0.2, -0.15) is 0 Å². The van der Waals surface area contributed by atoms with E-state index in [9.17, 15) is 9.18 Å². The zero-order chi connectivity index (χ0) is 12.6. The molecule has 0 amide bonds. The van der Waals surface area contributed by atoms with Crippen LogP contribution < -0.4 is 10.3 Å².